The number of anilines is 1. The highest BCUT2D eigenvalue weighted by molar-refractivity contribution is 5.78. The van der Waals surface area contributed by atoms with Gasteiger partial charge in [-0.3, -0.25) is 9.69 Å². The zero-order valence-electron chi connectivity index (χ0n) is 17.7. The number of carbonyl (C=O) groups excluding carboxylic acids is 1. The maximum Gasteiger partial charge on any atom is 0.236 e. The van der Waals surface area contributed by atoms with Gasteiger partial charge in [0.05, 0.1) is 12.2 Å². The molecule has 1 amide bonds. The first-order chi connectivity index (χ1) is 14.0. The molecule has 0 radical (unpaired) electrons. The monoisotopic (exact) mass is 397 g/mol. The van der Waals surface area contributed by atoms with Crippen LogP contribution in [0.2, 0.25) is 0 Å². The largest absolute Gasteiger partial charge is 0.353 e. The maximum absolute atomic E-state index is 12.7. The summed E-state index contributed by atoms with van der Waals surface area (Å²) < 4.78 is 1.73. The van der Waals surface area contributed by atoms with Crippen LogP contribution in [0.15, 0.2) is 24.4 Å². The molecule has 0 N–H and O–H groups in total. The minimum absolute atomic E-state index is 0.274. The van der Waals surface area contributed by atoms with Crippen LogP contribution in [0.4, 0.5) is 5.82 Å². The fraction of sp³-hybridized carbons (Fsp3) is 0.619. The molecule has 2 unspecified atom stereocenters. The summed E-state index contributed by atoms with van der Waals surface area (Å²) in [5, 5.41) is 13.1. The Morgan fingerprint density at radius 1 is 1.00 bits per heavy atom. The molecule has 2 saturated heterocycles. The number of hydrogen-bond acceptors (Lipinski definition) is 6. The predicted molar refractivity (Wildman–Crippen MR) is 112 cm³/mol. The first-order valence-corrected chi connectivity index (χ1v) is 10.6. The fourth-order valence-corrected chi connectivity index (χ4v) is 4.44. The molecule has 2 aliphatic rings. The van der Waals surface area contributed by atoms with E-state index in [-0.39, 0.29) is 5.91 Å². The van der Waals surface area contributed by atoms with Crippen molar-refractivity contribution in [1.29, 1.82) is 0 Å². The van der Waals surface area contributed by atoms with Gasteiger partial charge in [-0.1, -0.05) is 13.8 Å². The Bertz CT molecular complexity index is 816. The second-order valence-corrected chi connectivity index (χ2v) is 8.66. The van der Waals surface area contributed by atoms with Crippen LogP contribution < -0.4 is 4.90 Å². The number of rotatable bonds is 4. The van der Waals surface area contributed by atoms with Crippen molar-refractivity contribution in [3.63, 3.8) is 0 Å². The molecule has 8 heteroatoms. The molecule has 0 saturated carbocycles. The Morgan fingerprint density at radius 3 is 2.24 bits per heavy atom. The first-order valence-electron chi connectivity index (χ1n) is 10.6. The maximum atomic E-state index is 12.7. The van der Waals surface area contributed by atoms with Gasteiger partial charge in [0.25, 0.3) is 0 Å². The molecule has 0 aliphatic carbocycles. The number of carbonyl (C=O) groups is 1. The van der Waals surface area contributed by atoms with E-state index in [9.17, 15) is 4.79 Å². The van der Waals surface area contributed by atoms with Gasteiger partial charge in [-0.15, -0.1) is 10.2 Å². The van der Waals surface area contributed by atoms with Gasteiger partial charge in [-0.05, 0) is 43.4 Å². The third-order valence-electron chi connectivity index (χ3n) is 5.87. The second kappa shape index (κ2) is 8.49. The number of hydrogen-bond donors (Lipinski definition) is 0. The topological polar surface area (TPSA) is 70.4 Å². The Kier molecular flexibility index (Phi) is 5.80. The molecule has 4 rings (SSSR count). The van der Waals surface area contributed by atoms with Crippen LogP contribution in [-0.2, 0) is 4.79 Å². The molecule has 0 spiro atoms. The lowest BCUT2D eigenvalue weighted by Crippen LogP contribution is -2.52. The number of aromatic nitrogens is 4. The van der Waals surface area contributed by atoms with Crippen molar-refractivity contribution in [3.05, 3.63) is 30.1 Å². The zero-order chi connectivity index (χ0) is 20.4. The lowest BCUT2D eigenvalue weighted by Gasteiger charge is -2.38. The highest BCUT2D eigenvalue weighted by Gasteiger charge is 2.27. The number of piperazine rings is 1. The summed E-state index contributed by atoms with van der Waals surface area (Å²) in [4.78, 5) is 19.3. The summed E-state index contributed by atoms with van der Waals surface area (Å²) in [5.41, 5.74) is 0.954. The first kappa shape index (κ1) is 19.8. The van der Waals surface area contributed by atoms with Crippen molar-refractivity contribution >= 4 is 11.7 Å². The smallest absolute Gasteiger partial charge is 0.236 e. The summed E-state index contributed by atoms with van der Waals surface area (Å²) in [6.45, 7) is 12.2. The van der Waals surface area contributed by atoms with Crippen molar-refractivity contribution < 1.29 is 4.79 Å². The molecule has 2 aliphatic heterocycles. The van der Waals surface area contributed by atoms with E-state index in [0.717, 1.165) is 56.6 Å². The quantitative estimate of drug-likeness (QED) is 0.780. The molecule has 4 heterocycles. The highest BCUT2D eigenvalue weighted by Crippen LogP contribution is 2.21. The van der Waals surface area contributed by atoms with E-state index in [1.54, 1.807) is 4.68 Å². The van der Waals surface area contributed by atoms with Gasteiger partial charge >= 0.3 is 0 Å². The Morgan fingerprint density at radius 2 is 1.66 bits per heavy atom. The van der Waals surface area contributed by atoms with E-state index in [4.69, 9.17) is 0 Å². The van der Waals surface area contributed by atoms with Crippen LogP contribution in [0.3, 0.4) is 0 Å². The zero-order valence-corrected chi connectivity index (χ0v) is 17.7. The molecule has 2 aromatic rings. The van der Waals surface area contributed by atoms with Gasteiger partial charge in [-0.25, -0.2) is 4.68 Å². The van der Waals surface area contributed by atoms with Crippen molar-refractivity contribution in [2.24, 2.45) is 11.8 Å². The summed E-state index contributed by atoms with van der Waals surface area (Å²) in [7, 11) is 0. The van der Waals surface area contributed by atoms with Crippen LogP contribution in [0.25, 0.3) is 5.82 Å². The molecule has 2 aromatic heterocycles. The van der Waals surface area contributed by atoms with Crippen LogP contribution >= 0.6 is 0 Å². The minimum atomic E-state index is 0.274. The second-order valence-electron chi connectivity index (χ2n) is 8.66. The van der Waals surface area contributed by atoms with Gasteiger partial charge in [-0.2, -0.15) is 5.10 Å². The summed E-state index contributed by atoms with van der Waals surface area (Å²) in [5.74, 6) is 3.08. The van der Waals surface area contributed by atoms with Gasteiger partial charge in [0.2, 0.25) is 5.91 Å². The van der Waals surface area contributed by atoms with Crippen molar-refractivity contribution in [2.45, 2.75) is 27.2 Å². The standard InChI is InChI=1S/C21H31N7O/c1-16-12-17(2)14-27(13-16)21(29)15-25-8-10-26(11-9-25)19-4-5-20(23-22-19)28-7-6-18(3)24-28/h4-7,16-17H,8-15H2,1-3H3. The Hall–Kier alpha value is -2.48. The van der Waals surface area contributed by atoms with Gasteiger partial charge < -0.3 is 9.80 Å². The lowest BCUT2D eigenvalue weighted by atomic mass is 9.92. The van der Waals surface area contributed by atoms with E-state index in [2.05, 4.69) is 43.8 Å². The minimum Gasteiger partial charge on any atom is -0.353 e. The van der Waals surface area contributed by atoms with Crippen LogP contribution in [0.1, 0.15) is 26.0 Å². The van der Waals surface area contributed by atoms with E-state index in [1.165, 1.54) is 6.42 Å². The molecule has 0 aromatic carbocycles. The van der Waals surface area contributed by atoms with E-state index in [0.29, 0.717) is 18.4 Å². The van der Waals surface area contributed by atoms with Crippen molar-refractivity contribution in [2.75, 3.05) is 50.7 Å². The molecule has 156 valence electrons. The highest BCUT2D eigenvalue weighted by atomic mass is 16.2. The van der Waals surface area contributed by atoms with Crippen LogP contribution in [0.5, 0.6) is 0 Å². The lowest BCUT2D eigenvalue weighted by molar-refractivity contribution is -0.135. The third-order valence-corrected chi connectivity index (χ3v) is 5.87. The van der Waals surface area contributed by atoms with Gasteiger partial charge in [0.15, 0.2) is 11.6 Å². The predicted octanol–water partition coefficient (Wildman–Crippen LogP) is 1.60. The van der Waals surface area contributed by atoms with Crippen LogP contribution in [0, 0.1) is 18.8 Å². The molecule has 2 atom stereocenters. The fourth-order valence-electron chi connectivity index (χ4n) is 4.44. The summed E-state index contributed by atoms with van der Waals surface area (Å²) in [6, 6.07) is 5.89. The van der Waals surface area contributed by atoms with Gasteiger partial charge in [0, 0.05) is 45.5 Å². The SMILES string of the molecule is Cc1ccn(-c2ccc(N3CCN(CC(=O)N4CC(C)CC(C)C4)CC3)nn2)n1. The van der Waals surface area contributed by atoms with Crippen molar-refractivity contribution in [3.8, 4) is 5.82 Å². The normalized spacial score (nSPS) is 23.4. The van der Waals surface area contributed by atoms with Crippen LogP contribution in [-0.4, -0.2) is 81.5 Å². The molecule has 2 fully saturated rings. The average molecular weight is 398 g/mol. The molecule has 0 bridgehead atoms. The van der Waals surface area contributed by atoms with E-state index >= 15 is 0 Å². The Labute approximate surface area is 172 Å². The number of aryl methyl sites for hydroxylation is 1. The molecule has 29 heavy (non-hydrogen) atoms. The van der Waals surface area contributed by atoms with E-state index in [1.807, 2.05) is 31.3 Å². The number of likely N-dealkylation sites (tertiary alicyclic amines) is 1. The number of nitrogens with zero attached hydrogens (tertiary/aromatic N) is 7. The number of amides is 1. The van der Waals surface area contributed by atoms with E-state index < -0.39 is 0 Å². The summed E-state index contributed by atoms with van der Waals surface area (Å²) >= 11 is 0. The summed E-state index contributed by atoms with van der Waals surface area (Å²) in [6.07, 6.45) is 3.11. The number of piperidine rings is 1. The van der Waals surface area contributed by atoms with Crippen molar-refractivity contribution in [1.82, 2.24) is 29.8 Å². The molecule has 8 nitrogen and oxygen atoms in total. The molecular formula is C21H31N7O. The van der Waals surface area contributed by atoms with Gasteiger partial charge in [0.1, 0.15) is 0 Å². The molecular weight excluding hydrogens is 366 g/mol. The Balaban J connectivity index is 1.28. The average Bonchev–Trinajstić information content (AvgIpc) is 3.14. The third kappa shape index (κ3) is 4.75.